The van der Waals surface area contributed by atoms with Crippen molar-refractivity contribution in [2.75, 3.05) is 13.2 Å². The fourth-order valence-corrected chi connectivity index (χ4v) is 1.77. The highest BCUT2D eigenvalue weighted by atomic mass is 35.5. The van der Waals surface area contributed by atoms with Crippen LogP contribution >= 0.6 is 23.2 Å². The van der Waals surface area contributed by atoms with E-state index in [0.29, 0.717) is 10.7 Å². The minimum Gasteiger partial charge on any atom is -0.465 e. The lowest BCUT2D eigenvalue weighted by molar-refractivity contribution is -0.157. The number of carbonyl (C=O) groups excluding carboxylic acids is 2. The molecule has 1 aromatic carbocycles. The number of carbonyl (C=O) groups is 2. The van der Waals surface area contributed by atoms with Gasteiger partial charge < -0.3 is 9.47 Å². The summed E-state index contributed by atoms with van der Waals surface area (Å²) in [6.07, 6.45) is 1.15. The first-order valence-electron chi connectivity index (χ1n) is 6.32. The zero-order chi connectivity index (χ0) is 15.8. The molecule has 1 rings (SSSR count). The summed E-state index contributed by atoms with van der Waals surface area (Å²) in [7, 11) is 0. The number of nitrogens with zero attached hydrogens (tertiary/aromatic N) is 1. The Morgan fingerprint density at radius 3 is 2.29 bits per heavy atom. The molecule has 0 aliphatic carbocycles. The number of rotatable bonds is 6. The number of hydrogen-bond donors (Lipinski definition) is 0. The van der Waals surface area contributed by atoms with Crippen LogP contribution in [0, 0.1) is 5.92 Å². The monoisotopic (exact) mass is 331 g/mol. The Bertz CT molecular complexity index is 528. The summed E-state index contributed by atoms with van der Waals surface area (Å²) in [5, 5.41) is 0.567. The van der Waals surface area contributed by atoms with Crippen LogP contribution in [0.1, 0.15) is 13.8 Å². The van der Waals surface area contributed by atoms with E-state index in [0.717, 1.165) is 6.21 Å². The Balaban J connectivity index is 2.99. The van der Waals surface area contributed by atoms with E-state index in [1.165, 1.54) is 0 Å². The predicted octanol–water partition coefficient (Wildman–Crippen LogP) is 3.44. The maximum Gasteiger partial charge on any atom is 0.325 e. The summed E-state index contributed by atoms with van der Waals surface area (Å²) in [6, 6.07) is 4.87. The highest BCUT2D eigenvalue weighted by Gasteiger charge is 2.27. The first-order chi connectivity index (χ1) is 10.0. The zero-order valence-corrected chi connectivity index (χ0v) is 13.1. The average molecular weight is 332 g/mol. The van der Waals surface area contributed by atoms with Gasteiger partial charge >= 0.3 is 11.9 Å². The second-order valence-electron chi connectivity index (χ2n) is 3.83. The molecule has 0 unspecified atom stereocenters. The summed E-state index contributed by atoms with van der Waals surface area (Å²) >= 11 is 11.8. The smallest absolute Gasteiger partial charge is 0.325 e. The summed E-state index contributed by atoms with van der Waals surface area (Å²) in [6.45, 7) is 3.59. The standard InChI is InChI=1S/C14H15Cl2NO4/c1-3-20-13(18)9(14(19)21-4-2)8-17-11-7-5-6-10(15)12(11)16/h5-9H,3-4H2,1-2H3. The van der Waals surface area contributed by atoms with E-state index in [9.17, 15) is 9.59 Å². The summed E-state index contributed by atoms with van der Waals surface area (Å²) in [5.41, 5.74) is 0.350. The van der Waals surface area contributed by atoms with Crippen LogP contribution in [0.15, 0.2) is 23.2 Å². The Hall–Kier alpha value is -1.59. The van der Waals surface area contributed by atoms with Gasteiger partial charge in [0.15, 0.2) is 5.92 Å². The lowest BCUT2D eigenvalue weighted by atomic mass is 10.1. The van der Waals surface area contributed by atoms with Gasteiger partial charge in [-0.25, -0.2) is 0 Å². The molecule has 1 aromatic rings. The van der Waals surface area contributed by atoms with Crippen molar-refractivity contribution < 1.29 is 19.1 Å². The van der Waals surface area contributed by atoms with E-state index >= 15 is 0 Å². The Labute approximate surface area is 132 Å². The van der Waals surface area contributed by atoms with Crippen molar-refractivity contribution in [3.63, 3.8) is 0 Å². The Kier molecular flexibility index (Phi) is 7.19. The highest BCUT2D eigenvalue weighted by Crippen LogP contribution is 2.31. The van der Waals surface area contributed by atoms with Gasteiger partial charge in [-0.2, -0.15) is 0 Å². The van der Waals surface area contributed by atoms with Gasteiger partial charge in [0.25, 0.3) is 0 Å². The van der Waals surface area contributed by atoms with Crippen LogP contribution in [0.2, 0.25) is 10.0 Å². The van der Waals surface area contributed by atoms with Gasteiger partial charge in [-0.3, -0.25) is 14.6 Å². The van der Waals surface area contributed by atoms with E-state index in [2.05, 4.69) is 4.99 Å². The van der Waals surface area contributed by atoms with E-state index in [-0.39, 0.29) is 18.2 Å². The van der Waals surface area contributed by atoms with E-state index in [1.54, 1.807) is 32.0 Å². The van der Waals surface area contributed by atoms with Crippen molar-refractivity contribution in [3.8, 4) is 0 Å². The van der Waals surface area contributed by atoms with Gasteiger partial charge in [0.2, 0.25) is 0 Å². The molecule has 7 heteroatoms. The predicted molar refractivity (Wildman–Crippen MR) is 81.4 cm³/mol. The zero-order valence-electron chi connectivity index (χ0n) is 11.6. The van der Waals surface area contributed by atoms with Crippen LogP contribution in [0.4, 0.5) is 5.69 Å². The minimum absolute atomic E-state index is 0.153. The fraction of sp³-hybridized carbons (Fsp3) is 0.357. The number of benzene rings is 1. The van der Waals surface area contributed by atoms with Gasteiger partial charge in [0, 0.05) is 6.21 Å². The second kappa shape index (κ2) is 8.64. The molecular weight excluding hydrogens is 317 g/mol. The molecule has 0 N–H and O–H groups in total. The molecule has 0 aliphatic heterocycles. The lowest BCUT2D eigenvalue weighted by Gasteiger charge is -2.10. The van der Waals surface area contributed by atoms with Crippen LogP contribution in [0.25, 0.3) is 0 Å². The molecule has 0 amide bonds. The molecule has 0 fully saturated rings. The molecule has 0 heterocycles. The van der Waals surface area contributed by atoms with Gasteiger partial charge in [0.1, 0.15) is 0 Å². The third-order valence-electron chi connectivity index (χ3n) is 2.37. The average Bonchev–Trinajstić information content (AvgIpc) is 2.44. The number of esters is 2. The minimum atomic E-state index is -1.24. The first kappa shape index (κ1) is 17.5. The van der Waals surface area contributed by atoms with Gasteiger partial charge in [0.05, 0.1) is 28.9 Å². The molecule has 0 aromatic heterocycles. The largest absolute Gasteiger partial charge is 0.465 e. The molecule has 0 radical (unpaired) electrons. The van der Waals surface area contributed by atoms with Crippen molar-refractivity contribution in [2.24, 2.45) is 10.9 Å². The molecule has 0 spiro atoms. The number of ether oxygens (including phenoxy) is 2. The maximum atomic E-state index is 11.8. The third-order valence-corrected chi connectivity index (χ3v) is 3.18. The van der Waals surface area contributed by atoms with Crippen LogP contribution in [-0.2, 0) is 19.1 Å². The summed E-state index contributed by atoms with van der Waals surface area (Å²) in [5.74, 6) is -2.68. The number of aliphatic imine (C=N–C) groups is 1. The SMILES string of the molecule is CCOC(=O)C(C=Nc1cccc(Cl)c1Cl)C(=O)OCC. The van der Waals surface area contributed by atoms with Crippen molar-refractivity contribution in [3.05, 3.63) is 28.2 Å². The molecular formula is C14H15Cl2NO4. The third kappa shape index (κ3) is 5.02. The number of hydrogen-bond acceptors (Lipinski definition) is 5. The van der Waals surface area contributed by atoms with E-state index in [4.69, 9.17) is 32.7 Å². The van der Waals surface area contributed by atoms with Crippen molar-refractivity contribution in [2.45, 2.75) is 13.8 Å². The van der Waals surface area contributed by atoms with Crippen molar-refractivity contribution in [1.82, 2.24) is 0 Å². The fourth-order valence-electron chi connectivity index (χ4n) is 1.43. The van der Waals surface area contributed by atoms with Crippen molar-refractivity contribution >= 4 is 47.0 Å². The first-order valence-corrected chi connectivity index (χ1v) is 7.08. The molecule has 0 saturated heterocycles. The second-order valence-corrected chi connectivity index (χ2v) is 4.62. The number of halogens is 2. The van der Waals surface area contributed by atoms with Gasteiger partial charge in [-0.15, -0.1) is 0 Å². The molecule has 0 saturated carbocycles. The Morgan fingerprint density at radius 1 is 1.19 bits per heavy atom. The molecule has 0 aliphatic rings. The molecule has 0 atom stereocenters. The van der Waals surface area contributed by atoms with Gasteiger partial charge in [-0.1, -0.05) is 29.3 Å². The molecule has 114 valence electrons. The van der Waals surface area contributed by atoms with E-state index in [1.807, 2.05) is 0 Å². The van der Waals surface area contributed by atoms with Gasteiger partial charge in [-0.05, 0) is 26.0 Å². The van der Waals surface area contributed by atoms with Crippen molar-refractivity contribution in [1.29, 1.82) is 0 Å². The van der Waals surface area contributed by atoms with Crippen LogP contribution in [-0.4, -0.2) is 31.4 Å². The summed E-state index contributed by atoms with van der Waals surface area (Å²) in [4.78, 5) is 27.5. The topological polar surface area (TPSA) is 65.0 Å². The van der Waals surface area contributed by atoms with Crippen LogP contribution < -0.4 is 0 Å². The van der Waals surface area contributed by atoms with Crippen LogP contribution in [0.3, 0.4) is 0 Å². The summed E-state index contributed by atoms with van der Waals surface area (Å²) < 4.78 is 9.65. The van der Waals surface area contributed by atoms with Crippen LogP contribution in [0.5, 0.6) is 0 Å². The van der Waals surface area contributed by atoms with E-state index < -0.39 is 17.9 Å². The lowest BCUT2D eigenvalue weighted by Crippen LogP contribution is -2.29. The maximum absolute atomic E-state index is 11.8. The molecule has 0 bridgehead atoms. The normalized spacial score (nSPS) is 10.9. The quantitative estimate of drug-likeness (QED) is 0.455. The highest BCUT2D eigenvalue weighted by molar-refractivity contribution is 6.43. The molecule has 5 nitrogen and oxygen atoms in total. The Morgan fingerprint density at radius 2 is 1.76 bits per heavy atom. The molecule has 21 heavy (non-hydrogen) atoms.